The first-order chi connectivity index (χ1) is 17.4. The molecule has 1 aromatic carbocycles. The minimum atomic E-state index is -0.620. The maximum atomic E-state index is 13.3. The van der Waals surface area contributed by atoms with Crippen molar-refractivity contribution in [3.63, 3.8) is 0 Å². The van der Waals surface area contributed by atoms with Gasteiger partial charge >= 0.3 is 12.1 Å². The average molecular weight is 508 g/mol. The van der Waals surface area contributed by atoms with Gasteiger partial charge in [-0.1, -0.05) is 45.0 Å². The van der Waals surface area contributed by atoms with Gasteiger partial charge < -0.3 is 9.47 Å². The molecule has 1 aliphatic rings. The molecule has 0 saturated carbocycles. The summed E-state index contributed by atoms with van der Waals surface area (Å²) in [5, 5.41) is 0. The Morgan fingerprint density at radius 3 is 2.35 bits per heavy atom. The Bertz CT molecular complexity index is 1080. The molecule has 0 spiro atoms. The SMILES string of the molecule is CCOC(=O)/C=C/c1ccc(N(C(=O)OC(C)(C)C)[C@@H]2CCN(Cc3ccc(C(C)(C)C)cc3)C2)nc1. The van der Waals surface area contributed by atoms with E-state index in [9.17, 15) is 9.59 Å². The highest BCUT2D eigenvalue weighted by Crippen LogP contribution is 2.27. The van der Waals surface area contributed by atoms with Crippen molar-refractivity contribution in [3.05, 3.63) is 65.4 Å². The van der Waals surface area contributed by atoms with Crippen molar-refractivity contribution in [1.29, 1.82) is 0 Å². The van der Waals surface area contributed by atoms with E-state index >= 15 is 0 Å². The zero-order chi connectivity index (χ0) is 27.2. The standard InChI is InChI=1S/C30H41N3O4/c1-8-36-27(34)16-12-22-11-15-26(31-19-22)33(28(35)37-30(5,6)7)25-17-18-32(21-25)20-23-9-13-24(14-10-23)29(2,3)4/h9-16,19,25H,8,17-18,20-21H2,1-7H3/b16-12+/t25-/m1/s1. The molecule has 0 unspecified atom stereocenters. The van der Waals surface area contributed by atoms with Crippen LogP contribution in [0, 0.1) is 0 Å². The van der Waals surface area contributed by atoms with Crippen LogP contribution < -0.4 is 4.90 Å². The fourth-order valence-electron chi connectivity index (χ4n) is 4.27. The number of benzene rings is 1. The minimum Gasteiger partial charge on any atom is -0.463 e. The lowest BCUT2D eigenvalue weighted by atomic mass is 9.87. The summed E-state index contributed by atoms with van der Waals surface area (Å²) in [6.45, 7) is 16.8. The molecule has 0 aliphatic carbocycles. The van der Waals surface area contributed by atoms with Crippen molar-refractivity contribution in [3.8, 4) is 0 Å². The highest BCUT2D eigenvalue weighted by Gasteiger charge is 2.35. The molecule has 7 heteroatoms. The molecule has 1 atom stereocenters. The number of hydrogen-bond donors (Lipinski definition) is 0. The number of carbonyl (C=O) groups excluding carboxylic acids is 2. The molecule has 3 rings (SSSR count). The minimum absolute atomic E-state index is 0.0582. The van der Waals surface area contributed by atoms with Crippen LogP contribution in [-0.2, 0) is 26.2 Å². The third-order valence-electron chi connectivity index (χ3n) is 6.15. The van der Waals surface area contributed by atoms with Gasteiger partial charge in [0.1, 0.15) is 11.4 Å². The lowest BCUT2D eigenvalue weighted by Gasteiger charge is -2.31. The van der Waals surface area contributed by atoms with Crippen LogP contribution in [0.2, 0.25) is 0 Å². The first-order valence-corrected chi connectivity index (χ1v) is 13.0. The molecule has 37 heavy (non-hydrogen) atoms. The van der Waals surface area contributed by atoms with Crippen LogP contribution in [0.1, 0.15) is 71.6 Å². The Labute approximate surface area is 221 Å². The number of amides is 1. The van der Waals surface area contributed by atoms with Gasteiger partial charge in [-0.05, 0) is 74.4 Å². The van der Waals surface area contributed by atoms with Crippen LogP contribution in [0.4, 0.5) is 10.6 Å². The molecule has 1 aliphatic heterocycles. The van der Waals surface area contributed by atoms with Crippen molar-refractivity contribution in [1.82, 2.24) is 9.88 Å². The Balaban J connectivity index is 1.74. The first kappa shape index (κ1) is 28.4. The molecule has 7 nitrogen and oxygen atoms in total. The topological polar surface area (TPSA) is 72.0 Å². The van der Waals surface area contributed by atoms with Crippen molar-refractivity contribution in [2.24, 2.45) is 0 Å². The maximum Gasteiger partial charge on any atom is 0.416 e. The van der Waals surface area contributed by atoms with E-state index in [-0.39, 0.29) is 11.5 Å². The Hall–Kier alpha value is -3.19. The average Bonchev–Trinajstić information content (AvgIpc) is 3.25. The number of rotatable bonds is 7. The molecule has 2 aromatic rings. The van der Waals surface area contributed by atoms with E-state index in [0.717, 1.165) is 31.6 Å². The Kier molecular flexibility index (Phi) is 9.13. The van der Waals surface area contributed by atoms with E-state index in [1.165, 1.54) is 17.2 Å². The zero-order valence-corrected chi connectivity index (χ0v) is 23.3. The molecule has 2 heterocycles. The fraction of sp³-hybridized carbons (Fsp3) is 0.500. The summed E-state index contributed by atoms with van der Waals surface area (Å²) in [7, 11) is 0. The number of esters is 1. The molecular weight excluding hydrogens is 466 g/mol. The number of carbonyl (C=O) groups is 2. The molecule has 0 bridgehead atoms. The van der Waals surface area contributed by atoms with Gasteiger partial charge in [0.05, 0.1) is 12.6 Å². The predicted molar refractivity (Wildman–Crippen MR) is 147 cm³/mol. The molecule has 0 radical (unpaired) electrons. The summed E-state index contributed by atoms with van der Waals surface area (Å²) < 4.78 is 10.7. The summed E-state index contributed by atoms with van der Waals surface area (Å²) in [6, 6.07) is 12.4. The van der Waals surface area contributed by atoms with E-state index in [0.29, 0.717) is 12.4 Å². The second-order valence-corrected chi connectivity index (χ2v) is 11.5. The van der Waals surface area contributed by atoms with Gasteiger partial charge in [-0.25, -0.2) is 14.6 Å². The maximum absolute atomic E-state index is 13.3. The van der Waals surface area contributed by atoms with E-state index in [1.807, 2.05) is 26.8 Å². The van der Waals surface area contributed by atoms with E-state index in [1.54, 1.807) is 30.2 Å². The van der Waals surface area contributed by atoms with Crippen LogP contribution in [0.5, 0.6) is 0 Å². The van der Waals surface area contributed by atoms with Crippen LogP contribution in [0.3, 0.4) is 0 Å². The number of ether oxygens (including phenoxy) is 2. The second kappa shape index (κ2) is 11.9. The van der Waals surface area contributed by atoms with Gasteiger partial charge in [0.2, 0.25) is 0 Å². The quantitative estimate of drug-likeness (QED) is 0.340. The fourth-order valence-corrected chi connectivity index (χ4v) is 4.27. The Morgan fingerprint density at radius 2 is 1.78 bits per heavy atom. The molecule has 1 amide bonds. The smallest absolute Gasteiger partial charge is 0.416 e. The van der Waals surface area contributed by atoms with Crippen molar-refractivity contribution >= 4 is 24.0 Å². The van der Waals surface area contributed by atoms with Gasteiger partial charge in [-0.15, -0.1) is 0 Å². The summed E-state index contributed by atoms with van der Waals surface area (Å²) in [5.41, 5.74) is 2.83. The number of aromatic nitrogens is 1. The molecular formula is C30H41N3O4. The molecule has 1 saturated heterocycles. The van der Waals surface area contributed by atoms with Gasteiger partial charge in [-0.2, -0.15) is 0 Å². The number of hydrogen-bond acceptors (Lipinski definition) is 6. The third-order valence-corrected chi connectivity index (χ3v) is 6.15. The monoisotopic (exact) mass is 507 g/mol. The van der Waals surface area contributed by atoms with Gasteiger partial charge in [0.25, 0.3) is 0 Å². The molecule has 1 aromatic heterocycles. The second-order valence-electron chi connectivity index (χ2n) is 11.5. The molecule has 1 fully saturated rings. The third kappa shape index (κ3) is 8.42. The van der Waals surface area contributed by atoms with Gasteiger partial charge in [0, 0.05) is 31.9 Å². The highest BCUT2D eigenvalue weighted by molar-refractivity contribution is 5.88. The van der Waals surface area contributed by atoms with E-state index in [2.05, 4.69) is 54.9 Å². The highest BCUT2D eigenvalue weighted by atomic mass is 16.6. The largest absolute Gasteiger partial charge is 0.463 e. The summed E-state index contributed by atoms with van der Waals surface area (Å²) in [4.78, 5) is 33.5. The van der Waals surface area contributed by atoms with Crippen LogP contribution >= 0.6 is 0 Å². The lowest BCUT2D eigenvalue weighted by Crippen LogP contribution is -2.45. The lowest BCUT2D eigenvalue weighted by molar-refractivity contribution is -0.137. The summed E-state index contributed by atoms with van der Waals surface area (Å²) in [5.74, 6) is 0.130. The summed E-state index contributed by atoms with van der Waals surface area (Å²) >= 11 is 0. The van der Waals surface area contributed by atoms with Gasteiger partial charge in [0.15, 0.2) is 0 Å². The van der Waals surface area contributed by atoms with Crippen LogP contribution in [0.25, 0.3) is 6.08 Å². The van der Waals surface area contributed by atoms with Crippen molar-refractivity contribution < 1.29 is 19.1 Å². The van der Waals surface area contributed by atoms with E-state index in [4.69, 9.17) is 9.47 Å². The van der Waals surface area contributed by atoms with Crippen molar-refractivity contribution in [2.75, 3.05) is 24.6 Å². The number of anilines is 1. The normalized spacial score (nSPS) is 16.7. The van der Waals surface area contributed by atoms with Crippen LogP contribution in [-0.4, -0.2) is 53.3 Å². The molecule has 0 N–H and O–H groups in total. The summed E-state index contributed by atoms with van der Waals surface area (Å²) in [6.07, 6.45) is 5.08. The number of likely N-dealkylation sites (tertiary alicyclic amines) is 1. The van der Waals surface area contributed by atoms with E-state index < -0.39 is 17.7 Å². The van der Waals surface area contributed by atoms with Crippen LogP contribution in [0.15, 0.2) is 48.7 Å². The molecule has 200 valence electrons. The number of pyridine rings is 1. The van der Waals surface area contributed by atoms with Crippen molar-refractivity contribution in [2.45, 2.75) is 78.5 Å². The first-order valence-electron chi connectivity index (χ1n) is 13.0. The van der Waals surface area contributed by atoms with Gasteiger partial charge in [-0.3, -0.25) is 9.80 Å². The predicted octanol–water partition coefficient (Wildman–Crippen LogP) is 5.97. The number of nitrogens with zero attached hydrogens (tertiary/aromatic N) is 3. The Morgan fingerprint density at radius 1 is 1.08 bits per heavy atom. The zero-order valence-electron chi connectivity index (χ0n) is 23.3.